The molecule has 1 aliphatic heterocycles. The lowest BCUT2D eigenvalue weighted by Gasteiger charge is -2.29. The number of nitrogens with zero attached hydrogens (tertiary/aromatic N) is 5. The Hall–Kier alpha value is -3.52. The average Bonchev–Trinajstić information content (AvgIpc) is 3.41. The monoisotopic (exact) mass is 416 g/mol. The molecular formula is C23H24N6O2. The van der Waals surface area contributed by atoms with Crippen molar-refractivity contribution >= 4 is 16.6 Å². The van der Waals surface area contributed by atoms with Crippen LogP contribution in [0.2, 0.25) is 0 Å². The Morgan fingerprint density at radius 3 is 2.94 bits per heavy atom. The molecule has 1 atom stereocenters. The van der Waals surface area contributed by atoms with Crippen molar-refractivity contribution < 1.29 is 4.74 Å². The minimum absolute atomic E-state index is 0.127. The molecule has 0 amide bonds. The number of hydrogen-bond acceptors (Lipinski definition) is 6. The lowest BCUT2D eigenvalue weighted by Crippen LogP contribution is -2.34. The van der Waals surface area contributed by atoms with E-state index in [2.05, 4.69) is 37.5 Å². The standard InChI is InChI=1S/C23H24N6O2/c1-15-6-5-8-17-14-18(23(30)24-20(15)17)21(22-25-26-27-29(22)12-13-31-2)28-11-10-16-7-3-4-9-19(16)28/h3-9,14,21H,10-13H2,1-2H3,(H,24,30)/t21-/m0/s1. The SMILES string of the molecule is COCCn1nnnc1[C@H](c1cc2cccc(C)c2[nH]c1=O)N1CCc2ccccc21. The molecule has 8 heteroatoms. The highest BCUT2D eigenvalue weighted by Crippen LogP contribution is 2.37. The van der Waals surface area contributed by atoms with Crippen LogP contribution < -0.4 is 10.5 Å². The van der Waals surface area contributed by atoms with E-state index in [0.717, 1.165) is 35.1 Å². The van der Waals surface area contributed by atoms with Crippen LogP contribution in [-0.4, -0.2) is 45.5 Å². The van der Waals surface area contributed by atoms with E-state index in [1.54, 1.807) is 11.8 Å². The molecule has 1 N–H and O–H groups in total. The molecule has 0 radical (unpaired) electrons. The van der Waals surface area contributed by atoms with Crippen LogP contribution in [-0.2, 0) is 17.7 Å². The summed E-state index contributed by atoms with van der Waals surface area (Å²) in [6.45, 7) is 3.77. The van der Waals surface area contributed by atoms with Crippen molar-refractivity contribution in [2.45, 2.75) is 25.9 Å². The summed E-state index contributed by atoms with van der Waals surface area (Å²) in [7, 11) is 1.65. The van der Waals surface area contributed by atoms with Gasteiger partial charge in [0.05, 0.1) is 18.7 Å². The molecule has 2 aromatic carbocycles. The van der Waals surface area contributed by atoms with Gasteiger partial charge in [-0.25, -0.2) is 4.68 Å². The van der Waals surface area contributed by atoms with E-state index in [4.69, 9.17) is 4.74 Å². The van der Waals surface area contributed by atoms with Crippen LogP contribution in [0.3, 0.4) is 0 Å². The van der Waals surface area contributed by atoms with Gasteiger partial charge in [0.15, 0.2) is 5.82 Å². The van der Waals surface area contributed by atoms with Crippen LogP contribution in [0, 0.1) is 6.92 Å². The van der Waals surface area contributed by atoms with Crippen LogP contribution in [0.4, 0.5) is 5.69 Å². The number of fused-ring (bicyclic) bond motifs is 2. The molecule has 1 aliphatic rings. The molecule has 158 valence electrons. The van der Waals surface area contributed by atoms with Crippen LogP contribution in [0.5, 0.6) is 0 Å². The first-order valence-electron chi connectivity index (χ1n) is 10.4. The second-order valence-corrected chi connectivity index (χ2v) is 7.82. The minimum atomic E-state index is -0.413. The molecule has 4 aromatic rings. The quantitative estimate of drug-likeness (QED) is 0.520. The summed E-state index contributed by atoms with van der Waals surface area (Å²) in [5, 5.41) is 13.4. The summed E-state index contributed by atoms with van der Waals surface area (Å²) in [6.07, 6.45) is 0.914. The Morgan fingerprint density at radius 2 is 2.06 bits per heavy atom. The number of tetrazole rings is 1. The average molecular weight is 416 g/mol. The molecule has 0 spiro atoms. The number of pyridine rings is 1. The maximum atomic E-state index is 13.3. The Balaban J connectivity index is 1.71. The number of rotatable bonds is 6. The number of nitrogens with one attached hydrogen (secondary N) is 1. The topological polar surface area (TPSA) is 88.9 Å². The number of anilines is 1. The molecule has 0 saturated carbocycles. The van der Waals surface area contributed by atoms with Gasteiger partial charge in [0, 0.05) is 24.9 Å². The van der Waals surface area contributed by atoms with Gasteiger partial charge in [-0.1, -0.05) is 36.4 Å². The van der Waals surface area contributed by atoms with E-state index < -0.39 is 6.04 Å². The molecule has 31 heavy (non-hydrogen) atoms. The number of benzene rings is 2. The Morgan fingerprint density at radius 1 is 1.19 bits per heavy atom. The second kappa shape index (κ2) is 7.96. The zero-order chi connectivity index (χ0) is 21.4. The normalized spacial score (nSPS) is 14.2. The van der Waals surface area contributed by atoms with Crippen molar-refractivity contribution in [2.75, 3.05) is 25.2 Å². The smallest absolute Gasteiger partial charge is 0.254 e. The van der Waals surface area contributed by atoms with Gasteiger partial charge < -0.3 is 14.6 Å². The molecule has 3 heterocycles. The molecule has 8 nitrogen and oxygen atoms in total. The summed E-state index contributed by atoms with van der Waals surface area (Å²) < 4.78 is 6.97. The van der Waals surface area contributed by atoms with E-state index in [1.807, 2.05) is 43.3 Å². The van der Waals surface area contributed by atoms with E-state index in [9.17, 15) is 4.79 Å². The minimum Gasteiger partial charge on any atom is -0.383 e. The van der Waals surface area contributed by atoms with Crippen molar-refractivity contribution in [3.8, 4) is 0 Å². The summed E-state index contributed by atoms with van der Waals surface area (Å²) in [6, 6.07) is 15.9. The third-order valence-corrected chi connectivity index (χ3v) is 5.96. The summed E-state index contributed by atoms with van der Waals surface area (Å²) in [5.41, 5.74) is 4.76. The van der Waals surface area contributed by atoms with Gasteiger partial charge in [-0.3, -0.25) is 4.79 Å². The maximum Gasteiger partial charge on any atom is 0.254 e. The van der Waals surface area contributed by atoms with Crippen LogP contribution in [0.15, 0.2) is 53.3 Å². The summed E-state index contributed by atoms with van der Waals surface area (Å²) >= 11 is 0. The van der Waals surface area contributed by atoms with Gasteiger partial charge >= 0.3 is 0 Å². The third-order valence-electron chi connectivity index (χ3n) is 5.96. The molecule has 0 aliphatic carbocycles. The van der Waals surface area contributed by atoms with Crippen LogP contribution >= 0.6 is 0 Å². The first kappa shape index (κ1) is 19.4. The first-order chi connectivity index (χ1) is 15.2. The number of aryl methyl sites for hydroxylation is 1. The van der Waals surface area contributed by atoms with E-state index in [-0.39, 0.29) is 5.56 Å². The lowest BCUT2D eigenvalue weighted by atomic mass is 10.0. The van der Waals surface area contributed by atoms with Crippen molar-refractivity contribution in [3.05, 3.63) is 81.4 Å². The molecule has 2 aromatic heterocycles. The number of ether oxygens (including phenoxy) is 1. The fraction of sp³-hybridized carbons (Fsp3) is 0.304. The predicted molar refractivity (Wildman–Crippen MR) is 118 cm³/mol. The fourth-order valence-corrected chi connectivity index (χ4v) is 4.43. The Bertz CT molecular complexity index is 1290. The molecule has 0 unspecified atom stereocenters. The van der Waals surface area contributed by atoms with E-state index in [1.165, 1.54) is 5.56 Å². The fourth-order valence-electron chi connectivity index (χ4n) is 4.43. The van der Waals surface area contributed by atoms with Gasteiger partial charge in [0.1, 0.15) is 6.04 Å². The Labute approximate surface area is 179 Å². The third kappa shape index (κ3) is 3.38. The predicted octanol–water partition coefficient (Wildman–Crippen LogP) is 2.62. The van der Waals surface area contributed by atoms with Crippen LogP contribution in [0.1, 0.15) is 28.6 Å². The van der Waals surface area contributed by atoms with Gasteiger partial charge in [0.25, 0.3) is 5.56 Å². The molecule has 0 bridgehead atoms. The van der Waals surface area contributed by atoms with Gasteiger partial charge in [-0.2, -0.15) is 0 Å². The number of aromatic amines is 1. The number of H-pyrrole nitrogens is 1. The number of methoxy groups -OCH3 is 1. The highest BCUT2D eigenvalue weighted by atomic mass is 16.5. The largest absolute Gasteiger partial charge is 0.383 e. The molecule has 0 saturated heterocycles. The highest BCUT2D eigenvalue weighted by Gasteiger charge is 2.34. The van der Waals surface area contributed by atoms with Gasteiger partial charge in [-0.05, 0) is 52.4 Å². The zero-order valence-corrected chi connectivity index (χ0v) is 17.6. The lowest BCUT2D eigenvalue weighted by molar-refractivity contribution is 0.181. The Kier molecular flexibility index (Phi) is 4.99. The second-order valence-electron chi connectivity index (χ2n) is 7.82. The van der Waals surface area contributed by atoms with E-state index >= 15 is 0 Å². The van der Waals surface area contributed by atoms with Crippen molar-refractivity contribution in [3.63, 3.8) is 0 Å². The summed E-state index contributed by atoms with van der Waals surface area (Å²) in [4.78, 5) is 18.7. The molecule has 5 rings (SSSR count). The number of para-hydroxylation sites is 2. The van der Waals surface area contributed by atoms with Crippen molar-refractivity contribution in [1.82, 2.24) is 25.2 Å². The molecule has 0 fully saturated rings. The number of aromatic nitrogens is 5. The maximum absolute atomic E-state index is 13.3. The summed E-state index contributed by atoms with van der Waals surface area (Å²) in [5.74, 6) is 0.631. The van der Waals surface area contributed by atoms with Crippen molar-refractivity contribution in [2.24, 2.45) is 0 Å². The highest BCUT2D eigenvalue weighted by molar-refractivity contribution is 5.82. The van der Waals surface area contributed by atoms with Crippen LogP contribution in [0.25, 0.3) is 10.9 Å². The van der Waals surface area contributed by atoms with E-state index in [0.29, 0.717) is 24.5 Å². The van der Waals surface area contributed by atoms with Crippen molar-refractivity contribution in [1.29, 1.82) is 0 Å². The molecular weight excluding hydrogens is 392 g/mol. The zero-order valence-electron chi connectivity index (χ0n) is 17.6. The first-order valence-corrected chi connectivity index (χ1v) is 10.4. The van der Waals surface area contributed by atoms with Gasteiger partial charge in [0.2, 0.25) is 0 Å². The van der Waals surface area contributed by atoms with Gasteiger partial charge in [-0.15, -0.1) is 5.10 Å². The number of hydrogen-bond donors (Lipinski definition) is 1.